The van der Waals surface area contributed by atoms with E-state index in [2.05, 4.69) is 0 Å². The van der Waals surface area contributed by atoms with Crippen LogP contribution in [0.5, 0.6) is 0 Å². The lowest BCUT2D eigenvalue weighted by molar-refractivity contribution is 0.272. The molecule has 0 bridgehead atoms. The van der Waals surface area contributed by atoms with Crippen LogP contribution in [-0.4, -0.2) is 50.3 Å². The molecule has 0 aliphatic heterocycles. The monoisotopic (exact) mass is 287 g/mol. The normalized spacial score (nSPS) is 13.3. The Bertz CT molecular complexity index is 318. The molecule has 0 saturated heterocycles. The third kappa shape index (κ3) is 5.52. The predicted octanol–water partition coefficient (Wildman–Crippen LogP) is 0.910. The minimum atomic E-state index is -3.37. The van der Waals surface area contributed by atoms with Crippen LogP contribution in [0.2, 0.25) is 0 Å². The number of rotatable bonds is 6. The van der Waals surface area contributed by atoms with E-state index in [-0.39, 0.29) is 23.9 Å². The van der Waals surface area contributed by atoms with Crippen LogP contribution < -0.4 is 5.73 Å². The molecule has 0 aliphatic carbocycles. The van der Waals surface area contributed by atoms with Crippen molar-refractivity contribution < 1.29 is 8.42 Å². The van der Waals surface area contributed by atoms with Crippen molar-refractivity contribution >= 4 is 22.6 Å². The highest BCUT2D eigenvalue weighted by Crippen LogP contribution is 2.17. The molecule has 5 nitrogen and oxygen atoms in total. The third-order valence-corrected chi connectivity index (χ3v) is 4.75. The van der Waals surface area contributed by atoms with E-state index >= 15 is 0 Å². The van der Waals surface area contributed by atoms with Crippen molar-refractivity contribution in [3.05, 3.63) is 0 Å². The summed E-state index contributed by atoms with van der Waals surface area (Å²) < 4.78 is 26.9. The Morgan fingerprint density at radius 1 is 1.24 bits per heavy atom. The van der Waals surface area contributed by atoms with Gasteiger partial charge >= 0.3 is 0 Å². The Labute approximate surface area is 112 Å². The van der Waals surface area contributed by atoms with Gasteiger partial charge in [0.1, 0.15) is 0 Å². The van der Waals surface area contributed by atoms with E-state index in [1.54, 1.807) is 14.1 Å². The maximum Gasteiger partial charge on any atom is 0.281 e. The molecule has 0 fully saturated rings. The molecule has 0 aromatic carbocycles. The van der Waals surface area contributed by atoms with Crippen LogP contribution in [0.25, 0.3) is 0 Å². The molecule has 0 atom stereocenters. The summed E-state index contributed by atoms with van der Waals surface area (Å²) >= 11 is 0. The number of hydrogen-bond acceptors (Lipinski definition) is 3. The Morgan fingerprint density at radius 3 is 1.94 bits per heavy atom. The van der Waals surface area contributed by atoms with Crippen LogP contribution in [0.3, 0.4) is 0 Å². The van der Waals surface area contributed by atoms with E-state index in [0.717, 1.165) is 0 Å². The smallest absolute Gasteiger partial charge is 0.281 e. The Morgan fingerprint density at radius 2 is 1.65 bits per heavy atom. The highest BCUT2D eigenvalue weighted by molar-refractivity contribution is 7.86. The first-order chi connectivity index (χ1) is 7.04. The lowest BCUT2D eigenvalue weighted by Crippen LogP contribution is -2.47. The fraction of sp³-hybridized carbons (Fsp3) is 1.00. The summed E-state index contributed by atoms with van der Waals surface area (Å²) in [4.78, 5) is 0. The lowest BCUT2D eigenvalue weighted by Gasteiger charge is -2.32. The zero-order valence-corrected chi connectivity index (χ0v) is 13.2. The number of hydrogen-bond donors (Lipinski definition) is 1. The van der Waals surface area contributed by atoms with Gasteiger partial charge in [-0.25, -0.2) is 0 Å². The molecular weight excluding hydrogens is 262 g/mol. The first kappa shape index (κ1) is 19.5. The molecule has 7 heteroatoms. The van der Waals surface area contributed by atoms with Gasteiger partial charge in [-0.15, -0.1) is 12.4 Å². The summed E-state index contributed by atoms with van der Waals surface area (Å²) in [5, 5.41) is 0. The summed E-state index contributed by atoms with van der Waals surface area (Å²) in [6, 6.07) is -0.0477. The predicted molar refractivity (Wildman–Crippen MR) is 74.5 cm³/mol. The van der Waals surface area contributed by atoms with Crippen LogP contribution in [0.15, 0.2) is 0 Å². The van der Waals surface area contributed by atoms with Crippen LogP contribution in [0.1, 0.15) is 27.7 Å². The average Bonchev–Trinajstić information content (AvgIpc) is 2.15. The molecule has 0 amide bonds. The van der Waals surface area contributed by atoms with Gasteiger partial charge in [0.25, 0.3) is 10.2 Å². The van der Waals surface area contributed by atoms with Crippen LogP contribution in [-0.2, 0) is 10.2 Å². The zero-order chi connectivity index (χ0) is 13.1. The molecule has 0 aliphatic rings. The van der Waals surface area contributed by atoms with Gasteiger partial charge in [0.05, 0.1) is 0 Å². The van der Waals surface area contributed by atoms with Gasteiger partial charge < -0.3 is 5.73 Å². The SMILES string of the molecule is CC(C)N(C)S(=O)(=O)N(C)CC(C)(C)CN.Cl. The van der Waals surface area contributed by atoms with Crippen molar-refractivity contribution in [1.29, 1.82) is 0 Å². The fourth-order valence-corrected chi connectivity index (χ4v) is 2.72. The van der Waals surface area contributed by atoms with Gasteiger partial charge in [0.15, 0.2) is 0 Å². The summed E-state index contributed by atoms with van der Waals surface area (Å²) in [5.41, 5.74) is 5.39. The van der Waals surface area contributed by atoms with Crippen molar-refractivity contribution in [2.75, 3.05) is 27.2 Å². The van der Waals surface area contributed by atoms with Crippen LogP contribution in [0.4, 0.5) is 0 Å². The Kier molecular flexibility index (Phi) is 7.89. The molecule has 0 spiro atoms. The second-order valence-corrected chi connectivity index (χ2v) is 7.34. The molecule has 0 aromatic rings. The van der Waals surface area contributed by atoms with E-state index in [1.807, 2.05) is 27.7 Å². The first-order valence-corrected chi connectivity index (χ1v) is 6.83. The van der Waals surface area contributed by atoms with Crippen molar-refractivity contribution in [1.82, 2.24) is 8.61 Å². The molecule has 0 unspecified atom stereocenters. The quantitative estimate of drug-likeness (QED) is 0.790. The highest BCUT2D eigenvalue weighted by atomic mass is 35.5. The van der Waals surface area contributed by atoms with E-state index < -0.39 is 10.2 Å². The van der Waals surface area contributed by atoms with E-state index in [0.29, 0.717) is 13.1 Å². The Hall–Kier alpha value is 0.120. The van der Waals surface area contributed by atoms with E-state index in [1.165, 1.54) is 8.61 Å². The van der Waals surface area contributed by atoms with E-state index in [4.69, 9.17) is 5.73 Å². The molecule has 17 heavy (non-hydrogen) atoms. The largest absolute Gasteiger partial charge is 0.330 e. The summed E-state index contributed by atoms with van der Waals surface area (Å²) in [7, 11) is -0.192. The molecular formula is C10H26ClN3O2S. The molecule has 0 saturated carbocycles. The second kappa shape index (κ2) is 6.89. The minimum absolute atomic E-state index is 0. The van der Waals surface area contributed by atoms with Gasteiger partial charge in [0.2, 0.25) is 0 Å². The van der Waals surface area contributed by atoms with Crippen molar-refractivity contribution in [3.63, 3.8) is 0 Å². The summed E-state index contributed by atoms with van der Waals surface area (Å²) in [6.07, 6.45) is 0. The van der Waals surface area contributed by atoms with Gasteiger partial charge in [-0.05, 0) is 25.8 Å². The third-order valence-electron chi connectivity index (χ3n) is 2.69. The maximum absolute atomic E-state index is 12.1. The Balaban J connectivity index is 0. The number of nitrogens with zero attached hydrogens (tertiary/aromatic N) is 2. The molecule has 2 N–H and O–H groups in total. The lowest BCUT2D eigenvalue weighted by atomic mass is 9.94. The minimum Gasteiger partial charge on any atom is -0.330 e. The van der Waals surface area contributed by atoms with Crippen molar-refractivity contribution in [3.8, 4) is 0 Å². The molecule has 0 radical (unpaired) electrons. The van der Waals surface area contributed by atoms with Crippen molar-refractivity contribution in [2.24, 2.45) is 11.1 Å². The number of halogens is 1. The van der Waals surface area contributed by atoms with Crippen molar-refractivity contribution in [2.45, 2.75) is 33.7 Å². The first-order valence-electron chi connectivity index (χ1n) is 5.44. The maximum atomic E-state index is 12.1. The van der Waals surface area contributed by atoms with Crippen LogP contribution in [0, 0.1) is 5.41 Å². The molecule has 0 aromatic heterocycles. The topological polar surface area (TPSA) is 66.6 Å². The molecule has 0 heterocycles. The van der Waals surface area contributed by atoms with Gasteiger partial charge in [0, 0.05) is 26.7 Å². The highest BCUT2D eigenvalue weighted by Gasteiger charge is 2.29. The summed E-state index contributed by atoms with van der Waals surface area (Å²) in [5.74, 6) is 0. The van der Waals surface area contributed by atoms with Gasteiger partial charge in [-0.1, -0.05) is 13.8 Å². The van der Waals surface area contributed by atoms with Gasteiger partial charge in [-0.3, -0.25) is 0 Å². The molecule has 106 valence electrons. The standard InChI is InChI=1S/C10H25N3O2S.ClH/c1-9(2)13(6)16(14,15)12(5)8-10(3,4)7-11;/h9H,7-8,11H2,1-6H3;1H. The zero-order valence-electron chi connectivity index (χ0n) is 11.6. The van der Waals surface area contributed by atoms with Crippen LogP contribution >= 0.6 is 12.4 Å². The molecule has 0 rings (SSSR count). The number of nitrogens with two attached hydrogens (primary N) is 1. The average molecular weight is 288 g/mol. The van der Waals surface area contributed by atoms with Gasteiger partial charge in [-0.2, -0.15) is 17.0 Å². The van der Waals surface area contributed by atoms with E-state index in [9.17, 15) is 8.42 Å². The fourth-order valence-electron chi connectivity index (χ4n) is 1.24. The summed E-state index contributed by atoms with van der Waals surface area (Å²) in [6.45, 7) is 8.48. The second-order valence-electron chi connectivity index (χ2n) is 5.24.